The maximum Gasteiger partial charge on any atom is 0.203 e. The topological polar surface area (TPSA) is 81.4 Å². The van der Waals surface area contributed by atoms with Gasteiger partial charge in [0.2, 0.25) is 5.75 Å². The molecular formula is C23H30FNO6. The molecule has 0 aliphatic carbocycles. The molecule has 2 aromatic rings. The van der Waals surface area contributed by atoms with Gasteiger partial charge in [-0.05, 0) is 52.8 Å². The van der Waals surface area contributed by atoms with Crippen LogP contribution in [0.2, 0.25) is 0 Å². The first-order valence-corrected chi connectivity index (χ1v) is 10.0. The molecule has 0 spiro atoms. The molecule has 0 aliphatic heterocycles. The number of methoxy groups -OCH3 is 2. The molecule has 0 radical (unpaired) electrons. The van der Waals surface area contributed by atoms with Gasteiger partial charge in [0.25, 0.3) is 0 Å². The summed E-state index contributed by atoms with van der Waals surface area (Å²) >= 11 is 0. The Morgan fingerprint density at radius 2 is 1.74 bits per heavy atom. The Bertz CT molecular complexity index is 830. The van der Waals surface area contributed by atoms with Gasteiger partial charge in [-0.25, -0.2) is 0 Å². The first kappa shape index (κ1) is 24.5. The van der Waals surface area contributed by atoms with Crippen LogP contribution < -0.4 is 24.7 Å². The summed E-state index contributed by atoms with van der Waals surface area (Å²) in [7, 11) is 3.08. The fraction of sp³-hybridized carbons (Fsp3) is 0.391. The van der Waals surface area contributed by atoms with Crippen molar-refractivity contribution in [2.45, 2.75) is 45.6 Å². The summed E-state index contributed by atoms with van der Waals surface area (Å²) in [5, 5.41) is 0. The van der Waals surface area contributed by atoms with Crippen molar-refractivity contribution in [3.8, 4) is 23.0 Å². The van der Waals surface area contributed by atoms with Crippen molar-refractivity contribution in [2.75, 3.05) is 14.2 Å². The lowest BCUT2D eigenvalue weighted by atomic mass is 10.2. The van der Waals surface area contributed by atoms with Crippen LogP contribution in [0.1, 0.15) is 37.3 Å². The van der Waals surface area contributed by atoms with E-state index >= 15 is 0 Å². The highest BCUT2D eigenvalue weighted by Crippen LogP contribution is 2.38. The van der Waals surface area contributed by atoms with Gasteiger partial charge in [-0.2, -0.15) is 4.94 Å². The van der Waals surface area contributed by atoms with E-state index in [2.05, 4.69) is 11.9 Å². The van der Waals surface area contributed by atoms with Crippen molar-refractivity contribution in [1.29, 1.82) is 0 Å². The summed E-state index contributed by atoms with van der Waals surface area (Å²) in [6.07, 6.45) is 5.28. The van der Waals surface area contributed by atoms with Gasteiger partial charge in [-0.1, -0.05) is 25.5 Å². The van der Waals surface area contributed by atoms with Crippen LogP contribution in [0.15, 0.2) is 48.9 Å². The van der Waals surface area contributed by atoms with E-state index < -0.39 is 0 Å². The van der Waals surface area contributed by atoms with E-state index in [1.165, 1.54) is 19.6 Å². The van der Waals surface area contributed by atoms with Crippen LogP contribution in [-0.2, 0) is 22.9 Å². The number of unbranched alkanes of at least 4 members (excludes halogenated alkanes) is 1. The highest BCUT2D eigenvalue weighted by atomic mass is 19.3. The summed E-state index contributed by atoms with van der Waals surface area (Å²) in [6.45, 7) is 2.27. The number of hydrogen-bond acceptors (Lipinski definition) is 7. The Balaban J connectivity index is 2.05. The van der Waals surface area contributed by atoms with E-state index in [0.29, 0.717) is 35.2 Å². The molecule has 1 unspecified atom stereocenters. The van der Waals surface area contributed by atoms with Crippen LogP contribution in [0.5, 0.6) is 23.0 Å². The minimum atomic E-state index is -0.329. The van der Waals surface area contributed by atoms with Gasteiger partial charge in [0, 0.05) is 0 Å². The first-order chi connectivity index (χ1) is 15.1. The maximum absolute atomic E-state index is 12.0. The predicted molar refractivity (Wildman–Crippen MR) is 115 cm³/mol. The van der Waals surface area contributed by atoms with Crippen molar-refractivity contribution in [1.82, 2.24) is 0 Å². The molecule has 1 atom stereocenters. The zero-order valence-electron chi connectivity index (χ0n) is 18.1. The molecule has 2 N–H and O–H groups in total. The summed E-state index contributed by atoms with van der Waals surface area (Å²) in [6, 6.07) is 10.5. The number of benzene rings is 2. The molecule has 0 heterocycles. The van der Waals surface area contributed by atoms with E-state index in [4.69, 9.17) is 29.4 Å². The van der Waals surface area contributed by atoms with Gasteiger partial charge in [0.1, 0.15) is 31.1 Å². The van der Waals surface area contributed by atoms with E-state index in [0.717, 1.165) is 24.8 Å². The van der Waals surface area contributed by atoms with E-state index in [1.54, 1.807) is 37.4 Å². The van der Waals surface area contributed by atoms with Crippen LogP contribution in [0, 0.1) is 0 Å². The highest BCUT2D eigenvalue weighted by molar-refractivity contribution is 5.54. The lowest BCUT2D eigenvalue weighted by Gasteiger charge is -2.16. The van der Waals surface area contributed by atoms with Gasteiger partial charge >= 0.3 is 0 Å². The SMILES string of the molecule is CCCCC(N)OCc1cc(OC)c(OC)c(OC=COc2cccc(COF)c2)c1. The van der Waals surface area contributed by atoms with Crippen molar-refractivity contribution < 1.29 is 33.2 Å². The molecule has 8 heteroatoms. The van der Waals surface area contributed by atoms with Gasteiger partial charge in [-0.3, -0.25) is 0 Å². The largest absolute Gasteiger partial charge is 0.493 e. The molecule has 0 aliphatic rings. The first-order valence-electron chi connectivity index (χ1n) is 10.0. The van der Waals surface area contributed by atoms with Crippen LogP contribution in [0.3, 0.4) is 0 Å². The average molecular weight is 435 g/mol. The maximum atomic E-state index is 12.0. The molecule has 0 bridgehead atoms. The van der Waals surface area contributed by atoms with E-state index in [1.807, 2.05) is 6.07 Å². The van der Waals surface area contributed by atoms with Crippen LogP contribution in [0.25, 0.3) is 0 Å². The molecule has 0 aromatic heterocycles. The average Bonchev–Trinajstić information content (AvgIpc) is 2.79. The number of ether oxygens (including phenoxy) is 5. The summed E-state index contributed by atoms with van der Waals surface area (Å²) in [4.78, 5) is 3.64. The van der Waals surface area contributed by atoms with Crippen molar-refractivity contribution in [3.05, 3.63) is 60.0 Å². The third kappa shape index (κ3) is 8.09. The minimum Gasteiger partial charge on any atom is -0.493 e. The number of hydrogen-bond donors (Lipinski definition) is 1. The second-order valence-corrected chi connectivity index (χ2v) is 6.73. The molecule has 0 saturated heterocycles. The predicted octanol–water partition coefficient (Wildman–Crippen LogP) is 5.03. The summed E-state index contributed by atoms with van der Waals surface area (Å²) < 4.78 is 39.8. The number of rotatable bonds is 14. The standard InChI is InChI=1S/C23H30FNO6/c1-4-5-9-22(25)30-15-18-13-20(26-2)23(27-3)21(14-18)29-11-10-28-19-8-6-7-17(12-19)16-31-24/h6-8,10-14,22H,4-5,9,15-16,25H2,1-3H3. The Kier molecular flexibility index (Phi) is 10.6. The molecule has 31 heavy (non-hydrogen) atoms. The Hall–Kier alpha value is -2.81. The molecule has 2 rings (SSSR count). The lowest BCUT2D eigenvalue weighted by Crippen LogP contribution is -2.23. The van der Waals surface area contributed by atoms with Crippen molar-refractivity contribution in [3.63, 3.8) is 0 Å². The van der Waals surface area contributed by atoms with Gasteiger partial charge in [0.05, 0.1) is 20.8 Å². The molecule has 0 fully saturated rings. The molecule has 7 nitrogen and oxygen atoms in total. The zero-order chi connectivity index (χ0) is 22.5. The molecule has 170 valence electrons. The molecule has 2 aromatic carbocycles. The Morgan fingerprint density at radius 3 is 2.45 bits per heavy atom. The number of halogens is 1. The smallest absolute Gasteiger partial charge is 0.203 e. The summed E-state index contributed by atoms with van der Waals surface area (Å²) in [5.41, 5.74) is 7.46. The van der Waals surface area contributed by atoms with Crippen molar-refractivity contribution >= 4 is 0 Å². The van der Waals surface area contributed by atoms with Crippen LogP contribution >= 0.6 is 0 Å². The second-order valence-electron chi connectivity index (χ2n) is 6.73. The quantitative estimate of drug-likeness (QED) is 0.329. The third-order valence-electron chi connectivity index (χ3n) is 4.39. The number of nitrogens with two attached hydrogens (primary N) is 1. The van der Waals surface area contributed by atoms with Gasteiger partial charge < -0.3 is 29.4 Å². The van der Waals surface area contributed by atoms with Crippen LogP contribution in [-0.4, -0.2) is 20.4 Å². The minimum absolute atomic E-state index is 0.147. The van der Waals surface area contributed by atoms with Gasteiger partial charge in [-0.15, -0.1) is 0 Å². The fourth-order valence-corrected chi connectivity index (χ4v) is 2.83. The molecule has 0 amide bonds. The molecular weight excluding hydrogens is 405 g/mol. The molecule has 0 saturated carbocycles. The second kappa shape index (κ2) is 13.5. The van der Waals surface area contributed by atoms with Crippen molar-refractivity contribution in [2.24, 2.45) is 5.73 Å². The van der Waals surface area contributed by atoms with Crippen LogP contribution in [0.4, 0.5) is 4.53 Å². The Morgan fingerprint density at radius 1 is 0.968 bits per heavy atom. The summed E-state index contributed by atoms with van der Waals surface area (Å²) in [5.74, 6) is 1.89. The lowest BCUT2D eigenvalue weighted by molar-refractivity contribution is -0.144. The van der Waals surface area contributed by atoms with E-state index in [-0.39, 0.29) is 12.8 Å². The fourth-order valence-electron chi connectivity index (χ4n) is 2.83. The highest BCUT2D eigenvalue weighted by Gasteiger charge is 2.14. The Labute approximate surface area is 182 Å². The normalized spacial score (nSPS) is 12.0. The van der Waals surface area contributed by atoms with E-state index in [9.17, 15) is 4.53 Å². The third-order valence-corrected chi connectivity index (χ3v) is 4.39. The zero-order valence-corrected chi connectivity index (χ0v) is 18.1. The monoisotopic (exact) mass is 435 g/mol. The van der Waals surface area contributed by atoms with Gasteiger partial charge in [0.15, 0.2) is 11.5 Å².